The third-order valence-electron chi connectivity index (χ3n) is 5.32. The summed E-state index contributed by atoms with van der Waals surface area (Å²) < 4.78 is 5.46. The van der Waals surface area contributed by atoms with Crippen LogP contribution in [0, 0.1) is 0 Å². The van der Waals surface area contributed by atoms with Crippen LogP contribution in [0.3, 0.4) is 0 Å². The van der Waals surface area contributed by atoms with Crippen LogP contribution in [-0.2, 0) is 0 Å². The van der Waals surface area contributed by atoms with Gasteiger partial charge in [0.1, 0.15) is 5.75 Å². The van der Waals surface area contributed by atoms with Crippen molar-refractivity contribution in [1.82, 2.24) is 20.2 Å². The molecule has 8 nitrogen and oxygen atoms in total. The van der Waals surface area contributed by atoms with Crippen LogP contribution in [0.4, 0.5) is 16.4 Å². The fourth-order valence-electron chi connectivity index (χ4n) is 3.87. The van der Waals surface area contributed by atoms with Gasteiger partial charge < -0.3 is 25.2 Å². The van der Waals surface area contributed by atoms with Gasteiger partial charge in [0.15, 0.2) is 0 Å². The van der Waals surface area contributed by atoms with Gasteiger partial charge in [0.2, 0.25) is 5.95 Å². The predicted octanol–water partition coefficient (Wildman–Crippen LogP) is 1.96. The van der Waals surface area contributed by atoms with E-state index in [9.17, 15) is 4.79 Å². The number of anilines is 2. The van der Waals surface area contributed by atoms with Crippen molar-refractivity contribution in [2.24, 2.45) is 0 Å². The number of carbonyl (C=O) groups is 1. The van der Waals surface area contributed by atoms with Crippen molar-refractivity contribution < 1.29 is 9.53 Å². The summed E-state index contributed by atoms with van der Waals surface area (Å²) in [4.78, 5) is 25.2. The van der Waals surface area contributed by atoms with E-state index in [-0.39, 0.29) is 18.1 Å². The number of benzene rings is 1. The second kappa shape index (κ2) is 8.33. The fourth-order valence-corrected chi connectivity index (χ4v) is 3.87. The molecule has 2 aliphatic heterocycles. The first kappa shape index (κ1) is 18.3. The molecule has 4 rings (SSSR count). The number of rotatable bonds is 5. The van der Waals surface area contributed by atoms with E-state index in [0.29, 0.717) is 12.5 Å². The molecule has 0 radical (unpaired) electrons. The van der Waals surface area contributed by atoms with Crippen molar-refractivity contribution in [3.8, 4) is 5.75 Å². The van der Waals surface area contributed by atoms with Gasteiger partial charge in [-0.05, 0) is 31.0 Å². The van der Waals surface area contributed by atoms with Crippen LogP contribution < -0.4 is 20.3 Å². The topological polar surface area (TPSA) is 82.6 Å². The van der Waals surface area contributed by atoms with E-state index in [1.165, 1.54) is 0 Å². The van der Waals surface area contributed by atoms with Gasteiger partial charge in [-0.2, -0.15) is 0 Å². The summed E-state index contributed by atoms with van der Waals surface area (Å²) in [6.07, 6.45) is 5.24. The van der Waals surface area contributed by atoms with Gasteiger partial charge >= 0.3 is 6.03 Å². The predicted molar refractivity (Wildman–Crippen MR) is 108 cm³/mol. The zero-order valence-corrected chi connectivity index (χ0v) is 16.0. The Labute approximate surface area is 164 Å². The highest BCUT2D eigenvalue weighted by Gasteiger charge is 2.30. The summed E-state index contributed by atoms with van der Waals surface area (Å²) in [5, 5.41) is 6.48. The number of likely N-dealkylation sites (tertiary alicyclic amines) is 1. The minimum atomic E-state index is 0.00477. The maximum Gasteiger partial charge on any atom is 0.317 e. The van der Waals surface area contributed by atoms with Crippen LogP contribution in [-0.4, -0.2) is 66.3 Å². The third-order valence-corrected chi connectivity index (χ3v) is 5.32. The van der Waals surface area contributed by atoms with Crippen LogP contribution in [0.2, 0.25) is 0 Å². The van der Waals surface area contributed by atoms with E-state index in [1.54, 1.807) is 25.6 Å². The third kappa shape index (κ3) is 4.11. The highest BCUT2D eigenvalue weighted by molar-refractivity contribution is 5.75. The summed E-state index contributed by atoms with van der Waals surface area (Å²) in [5.74, 6) is 1.48. The van der Waals surface area contributed by atoms with Crippen molar-refractivity contribution in [1.29, 1.82) is 0 Å². The number of urea groups is 1. The Morgan fingerprint density at radius 2 is 1.86 bits per heavy atom. The molecule has 3 heterocycles. The Balaban J connectivity index is 1.28. The lowest BCUT2D eigenvalue weighted by molar-refractivity contribution is 0.205. The van der Waals surface area contributed by atoms with Gasteiger partial charge in [0.25, 0.3) is 0 Å². The normalized spacial score (nSPS) is 21.6. The standard InChI is InChI=1S/C20H26N6O2/c1-28-18-6-3-2-5-17(18)25-11-7-16(13-25)24-20(27)26-12-8-15(14-26)23-19-21-9-4-10-22-19/h2-6,9-10,15-16H,7-8,11-14H2,1H3,(H,24,27)(H,21,22,23). The second-order valence-electron chi connectivity index (χ2n) is 7.20. The second-order valence-corrected chi connectivity index (χ2v) is 7.20. The molecule has 0 aliphatic carbocycles. The summed E-state index contributed by atoms with van der Waals surface area (Å²) in [7, 11) is 1.69. The molecule has 0 bridgehead atoms. The first-order valence-electron chi connectivity index (χ1n) is 9.70. The van der Waals surface area contributed by atoms with Gasteiger partial charge in [-0.1, -0.05) is 12.1 Å². The molecule has 148 valence electrons. The molecule has 2 unspecified atom stereocenters. The Morgan fingerprint density at radius 3 is 2.68 bits per heavy atom. The van der Waals surface area contributed by atoms with Crippen molar-refractivity contribution >= 4 is 17.7 Å². The molecule has 28 heavy (non-hydrogen) atoms. The minimum Gasteiger partial charge on any atom is -0.495 e. The first-order valence-corrected chi connectivity index (χ1v) is 9.70. The molecule has 1 aromatic carbocycles. The minimum absolute atomic E-state index is 0.00477. The smallest absolute Gasteiger partial charge is 0.317 e. The number of para-hydroxylation sites is 2. The fraction of sp³-hybridized carbons (Fsp3) is 0.450. The zero-order chi connectivity index (χ0) is 19.3. The maximum atomic E-state index is 12.7. The number of ether oxygens (including phenoxy) is 1. The Bertz CT molecular complexity index is 802. The molecule has 2 aromatic rings. The van der Waals surface area contributed by atoms with Gasteiger partial charge in [-0.3, -0.25) is 0 Å². The molecule has 2 N–H and O–H groups in total. The van der Waals surface area contributed by atoms with Crippen LogP contribution in [0.5, 0.6) is 5.75 Å². The molecule has 2 saturated heterocycles. The van der Waals surface area contributed by atoms with E-state index >= 15 is 0 Å². The number of hydrogen-bond donors (Lipinski definition) is 2. The number of aromatic nitrogens is 2. The highest BCUT2D eigenvalue weighted by atomic mass is 16.5. The van der Waals surface area contributed by atoms with Crippen molar-refractivity contribution in [2.75, 3.05) is 43.5 Å². The van der Waals surface area contributed by atoms with E-state index in [4.69, 9.17) is 4.74 Å². The van der Waals surface area contributed by atoms with E-state index in [1.807, 2.05) is 23.1 Å². The molecule has 8 heteroatoms. The SMILES string of the molecule is COc1ccccc1N1CCC(NC(=O)N2CCC(Nc3ncccn3)C2)C1. The molecular formula is C20H26N6O2. The van der Waals surface area contributed by atoms with Crippen LogP contribution in [0.15, 0.2) is 42.7 Å². The molecule has 1 aromatic heterocycles. The number of nitrogens with zero attached hydrogens (tertiary/aromatic N) is 4. The van der Waals surface area contributed by atoms with Gasteiger partial charge in [0, 0.05) is 50.7 Å². The lowest BCUT2D eigenvalue weighted by Crippen LogP contribution is -2.45. The number of hydrogen-bond acceptors (Lipinski definition) is 6. The average Bonchev–Trinajstić information content (AvgIpc) is 3.38. The molecule has 2 atom stereocenters. The summed E-state index contributed by atoms with van der Waals surface area (Å²) >= 11 is 0. The molecule has 2 fully saturated rings. The van der Waals surface area contributed by atoms with Crippen molar-refractivity contribution in [2.45, 2.75) is 24.9 Å². The molecule has 2 aliphatic rings. The Kier molecular flexibility index (Phi) is 5.45. The van der Waals surface area contributed by atoms with Crippen molar-refractivity contribution in [3.05, 3.63) is 42.7 Å². The first-order chi connectivity index (χ1) is 13.7. The number of amides is 2. The molecule has 2 amide bonds. The summed E-state index contributed by atoms with van der Waals surface area (Å²) in [6, 6.07) is 10.1. The summed E-state index contributed by atoms with van der Waals surface area (Å²) in [6.45, 7) is 3.09. The Morgan fingerprint density at radius 1 is 1.07 bits per heavy atom. The molecule has 0 saturated carbocycles. The lowest BCUT2D eigenvalue weighted by Gasteiger charge is -2.23. The van der Waals surface area contributed by atoms with Crippen LogP contribution >= 0.6 is 0 Å². The lowest BCUT2D eigenvalue weighted by atomic mass is 10.2. The maximum absolute atomic E-state index is 12.7. The zero-order valence-electron chi connectivity index (χ0n) is 16.0. The van der Waals surface area contributed by atoms with Crippen molar-refractivity contribution in [3.63, 3.8) is 0 Å². The van der Waals surface area contributed by atoms with Gasteiger partial charge in [-0.15, -0.1) is 0 Å². The van der Waals surface area contributed by atoms with E-state index in [2.05, 4.69) is 31.6 Å². The average molecular weight is 382 g/mol. The molecule has 0 spiro atoms. The van der Waals surface area contributed by atoms with E-state index < -0.39 is 0 Å². The largest absolute Gasteiger partial charge is 0.495 e. The van der Waals surface area contributed by atoms with Gasteiger partial charge in [0.05, 0.1) is 12.8 Å². The van der Waals surface area contributed by atoms with Gasteiger partial charge in [-0.25, -0.2) is 14.8 Å². The highest BCUT2D eigenvalue weighted by Crippen LogP contribution is 2.30. The van der Waals surface area contributed by atoms with E-state index in [0.717, 1.165) is 43.9 Å². The number of carbonyl (C=O) groups excluding carboxylic acids is 1. The monoisotopic (exact) mass is 382 g/mol. The van der Waals surface area contributed by atoms with Crippen LogP contribution in [0.25, 0.3) is 0 Å². The molecular weight excluding hydrogens is 356 g/mol. The Hall–Kier alpha value is -3.03. The van der Waals surface area contributed by atoms with Crippen LogP contribution in [0.1, 0.15) is 12.8 Å². The quantitative estimate of drug-likeness (QED) is 0.823. The summed E-state index contributed by atoms with van der Waals surface area (Å²) in [5.41, 5.74) is 1.08. The number of methoxy groups -OCH3 is 1. The number of nitrogens with one attached hydrogen (secondary N) is 2.